The lowest BCUT2D eigenvalue weighted by atomic mass is 10.1. The van der Waals surface area contributed by atoms with E-state index < -0.39 is 10.0 Å². The Kier molecular flexibility index (Phi) is 3.23. The van der Waals surface area contributed by atoms with Crippen molar-refractivity contribution in [3.05, 3.63) is 28.2 Å². The predicted molar refractivity (Wildman–Crippen MR) is 66.0 cm³/mol. The summed E-state index contributed by atoms with van der Waals surface area (Å²) < 4.78 is 30.9. The van der Waals surface area contributed by atoms with Gasteiger partial charge in [-0.1, -0.05) is 15.9 Å². The molecule has 1 heterocycles. The van der Waals surface area contributed by atoms with E-state index in [0.29, 0.717) is 6.42 Å². The number of rotatable bonds is 2. The zero-order chi connectivity index (χ0) is 11.8. The summed E-state index contributed by atoms with van der Waals surface area (Å²) in [4.78, 5) is 0. The Labute approximate surface area is 103 Å². The number of fused-ring (bicyclic) bond motifs is 1. The molecule has 0 spiro atoms. The first-order valence-electron chi connectivity index (χ1n) is 4.82. The first-order valence-corrected chi connectivity index (χ1v) is 7.22. The second kappa shape index (κ2) is 4.35. The lowest BCUT2D eigenvalue weighted by molar-refractivity contribution is 0.209. The molecule has 0 aromatic heterocycles. The quantitative estimate of drug-likeness (QED) is 0.836. The zero-order valence-electron chi connectivity index (χ0n) is 8.81. The van der Waals surface area contributed by atoms with E-state index in [0.717, 1.165) is 15.7 Å². The molecule has 1 aromatic rings. The standard InChI is InChI=1S/C10H12BrNO3S/c1-15-7-12-10-3-2-9(11)6-8(10)4-5-16(12,13)14/h2-3,6H,4-5,7H2,1H3. The van der Waals surface area contributed by atoms with Crippen LogP contribution in [0.4, 0.5) is 5.69 Å². The molecule has 1 aliphatic heterocycles. The summed E-state index contributed by atoms with van der Waals surface area (Å²) in [5, 5.41) is 0. The zero-order valence-corrected chi connectivity index (χ0v) is 11.2. The van der Waals surface area contributed by atoms with Gasteiger partial charge in [0.1, 0.15) is 6.73 Å². The van der Waals surface area contributed by atoms with E-state index >= 15 is 0 Å². The van der Waals surface area contributed by atoms with Gasteiger partial charge in [-0.3, -0.25) is 0 Å². The van der Waals surface area contributed by atoms with Crippen molar-refractivity contribution in [2.24, 2.45) is 0 Å². The van der Waals surface area contributed by atoms with E-state index in [-0.39, 0.29) is 12.5 Å². The summed E-state index contributed by atoms with van der Waals surface area (Å²) in [6.45, 7) is 0.0664. The lowest BCUT2D eigenvalue weighted by Gasteiger charge is -2.29. The maximum atomic E-state index is 11.9. The number of nitrogens with zero attached hydrogens (tertiary/aromatic N) is 1. The highest BCUT2D eigenvalue weighted by molar-refractivity contribution is 9.10. The lowest BCUT2D eigenvalue weighted by Crippen LogP contribution is -2.39. The number of methoxy groups -OCH3 is 1. The van der Waals surface area contributed by atoms with Gasteiger partial charge in [0.15, 0.2) is 0 Å². The van der Waals surface area contributed by atoms with Gasteiger partial charge < -0.3 is 4.74 Å². The minimum Gasteiger partial charge on any atom is -0.363 e. The van der Waals surface area contributed by atoms with Crippen molar-refractivity contribution in [2.75, 3.05) is 23.9 Å². The van der Waals surface area contributed by atoms with Crippen molar-refractivity contribution in [3.8, 4) is 0 Å². The van der Waals surface area contributed by atoms with E-state index in [4.69, 9.17) is 4.74 Å². The van der Waals surface area contributed by atoms with Gasteiger partial charge in [0, 0.05) is 11.6 Å². The average Bonchev–Trinajstić information content (AvgIpc) is 2.23. The van der Waals surface area contributed by atoms with Crippen LogP contribution in [0.3, 0.4) is 0 Å². The topological polar surface area (TPSA) is 46.6 Å². The smallest absolute Gasteiger partial charge is 0.237 e. The number of hydrogen-bond acceptors (Lipinski definition) is 3. The number of benzene rings is 1. The largest absolute Gasteiger partial charge is 0.363 e. The molecule has 0 aliphatic carbocycles. The first-order chi connectivity index (χ1) is 7.54. The molecule has 4 nitrogen and oxygen atoms in total. The molecule has 2 rings (SSSR count). The Balaban J connectivity index is 2.50. The van der Waals surface area contributed by atoms with Crippen LogP contribution in [-0.2, 0) is 21.2 Å². The summed E-state index contributed by atoms with van der Waals surface area (Å²) in [7, 11) is -1.73. The second-order valence-electron chi connectivity index (χ2n) is 3.61. The van der Waals surface area contributed by atoms with Gasteiger partial charge in [0.2, 0.25) is 10.0 Å². The molecule has 88 valence electrons. The van der Waals surface area contributed by atoms with Gasteiger partial charge in [-0.2, -0.15) is 0 Å². The molecule has 0 saturated carbocycles. The van der Waals surface area contributed by atoms with E-state index in [9.17, 15) is 8.42 Å². The van der Waals surface area contributed by atoms with Crippen molar-refractivity contribution >= 4 is 31.6 Å². The predicted octanol–water partition coefficient (Wildman–Crippen LogP) is 1.75. The molecular formula is C10H12BrNO3S. The van der Waals surface area contributed by atoms with E-state index in [2.05, 4.69) is 15.9 Å². The number of sulfonamides is 1. The summed E-state index contributed by atoms with van der Waals surface area (Å²) in [6.07, 6.45) is 0.553. The summed E-state index contributed by atoms with van der Waals surface area (Å²) >= 11 is 3.38. The SMILES string of the molecule is COCN1c2ccc(Br)cc2CCS1(=O)=O. The highest BCUT2D eigenvalue weighted by atomic mass is 79.9. The number of aryl methyl sites for hydroxylation is 1. The Morgan fingerprint density at radius 2 is 2.25 bits per heavy atom. The van der Waals surface area contributed by atoms with Gasteiger partial charge in [0.25, 0.3) is 0 Å². The molecular weight excluding hydrogens is 294 g/mol. The maximum Gasteiger partial charge on any atom is 0.237 e. The van der Waals surface area contributed by atoms with Crippen molar-refractivity contribution in [1.29, 1.82) is 0 Å². The molecule has 0 radical (unpaired) electrons. The Morgan fingerprint density at radius 1 is 1.50 bits per heavy atom. The monoisotopic (exact) mass is 305 g/mol. The van der Waals surface area contributed by atoms with Crippen molar-refractivity contribution in [1.82, 2.24) is 0 Å². The minimum atomic E-state index is -3.22. The molecule has 0 N–H and O–H groups in total. The van der Waals surface area contributed by atoms with Crippen LogP contribution in [0.25, 0.3) is 0 Å². The third-order valence-corrected chi connectivity index (χ3v) is 4.71. The van der Waals surface area contributed by atoms with E-state index in [1.54, 1.807) is 6.07 Å². The Bertz CT molecular complexity index is 501. The van der Waals surface area contributed by atoms with Crippen molar-refractivity contribution < 1.29 is 13.2 Å². The minimum absolute atomic E-state index is 0.0664. The molecule has 0 atom stereocenters. The molecule has 0 unspecified atom stereocenters. The van der Waals surface area contributed by atoms with E-state index in [1.165, 1.54) is 11.4 Å². The third kappa shape index (κ3) is 2.09. The van der Waals surface area contributed by atoms with Crippen LogP contribution in [0.15, 0.2) is 22.7 Å². The molecule has 0 amide bonds. The van der Waals surface area contributed by atoms with Gasteiger partial charge >= 0.3 is 0 Å². The fraction of sp³-hybridized carbons (Fsp3) is 0.400. The van der Waals surface area contributed by atoms with Gasteiger partial charge in [-0.15, -0.1) is 0 Å². The van der Waals surface area contributed by atoms with Crippen molar-refractivity contribution in [2.45, 2.75) is 6.42 Å². The van der Waals surface area contributed by atoms with Crippen LogP contribution in [-0.4, -0.2) is 28.0 Å². The van der Waals surface area contributed by atoms with Crippen LogP contribution in [0.2, 0.25) is 0 Å². The Morgan fingerprint density at radius 3 is 2.94 bits per heavy atom. The van der Waals surface area contributed by atoms with Gasteiger partial charge in [0.05, 0.1) is 11.4 Å². The molecule has 0 bridgehead atoms. The summed E-state index contributed by atoms with van der Waals surface area (Å²) in [5.74, 6) is 0.139. The van der Waals surface area contributed by atoms with Gasteiger partial charge in [-0.25, -0.2) is 12.7 Å². The molecule has 1 aromatic carbocycles. The molecule has 0 fully saturated rings. The maximum absolute atomic E-state index is 11.9. The van der Waals surface area contributed by atoms with E-state index in [1.807, 2.05) is 12.1 Å². The van der Waals surface area contributed by atoms with Crippen LogP contribution in [0.1, 0.15) is 5.56 Å². The summed E-state index contributed by atoms with van der Waals surface area (Å²) in [6, 6.07) is 5.59. The average molecular weight is 306 g/mol. The normalized spacial score (nSPS) is 18.2. The Hall–Kier alpha value is -0.590. The number of ether oxygens (including phenoxy) is 1. The van der Waals surface area contributed by atoms with Crippen molar-refractivity contribution in [3.63, 3.8) is 0 Å². The summed E-state index contributed by atoms with van der Waals surface area (Å²) in [5.41, 5.74) is 1.75. The molecule has 6 heteroatoms. The second-order valence-corrected chi connectivity index (χ2v) is 6.53. The highest BCUT2D eigenvalue weighted by Gasteiger charge is 2.29. The van der Waals surface area contributed by atoms with Crippen LogP contribution in [0.5, 0.6) is 0 Å². The van der Waals surface area contributed by atoms with Crippen LogP contribution in [0, 0.1) is 0 Å². The molecule has 0 saturated heterocycles. The highest BCUT2D eigenvalue weighted by Crippen LogP contribution is 2.31. The first kappa shape index (κ1) is 11.9. The number of halogens is 1. The fourth-order valence-electron chi connectivity index (χ4n) is 1.76. The fourth-order valence-corrected chi connectivity index (χ4v) is 3.61. The van der Waals surface area contributed by atoms with Gasteiger partial charge in [-0.05, 0) is 30.2 Å². The van der Waals surface area contributed by atoms with Crippen LogP contribution < -0.4 is 4.31 Å². The third-order valence-electron chi connectivity index (χ3n) is 2.52. The number of hydrogen-bond donors (Lipinski definition) is 0. The molecule has 16 heavy (non-hydrogen) atoms. The van der Waals surface area contributed by atoms with Crippen LogP contribution >= 0.6 is 15.9 Å². The molecule has 1 aliphatic rings. The number of anilines is 1.